The minimum atomic E-state index is -0.476. The SMILES string of the molecule is C=CN(Cc1ccc2ncc(Cl)cc2c1)C(CO)=NCC(=O)OC. The van der Waals surface area contributed by atoms with Gasteiger partial charge >= 0.3 is 5.97 Å². The van der Waals surface area contributed by atoms with Gasteiger partial charge in [-0.1, -0.05) is 24.2 Å². The number of aliphatic imine (C=N–C) groups is 1. The Labute approximate surface area is 145 Å². The summed E-state index contributed by atoms with van der Waals surface area (Å²) in [5.41, 5.74) is 1.81. The molecule has 0 unspecified atom stereocenters. The summed E-state index contributed by atoms with van der Waals surface area (Å²) in [6, 6.07) is 7.62. The lowest BCUT2D eigenvalue weighted by atomic mass is 10.1. The predicted molar refractivity (Wildman–Crippen MR) is 93.9 cm³/mol. The summed E-state index contributed by atoms with van der Waals surface area (Å²) in [7, 11) is 1.29. The summed E-state index contributed by atoms with van der Waals surface area (Å²) in [5, 5.41) is 11.0. The third-order valence-electron chi connectivity index (χ3n) is 3.38. The maximum absolute atomic E-state index is 11.2. The first-order valence-electron chi connectivity index (χ1n) is 7.21. The van der Waals surface area contributed by atoms with E-state index in [0.717, 1.165) is 16.5 Å². The third kappa shape index (κ3) is 4.53. The van der Waals surface area contributed by atoms with Crippen molar-refractivity contribution >= 4 is 34.3 Å². The molecule has 0 aliphatic heterocycles. The van der Waals surface area contributed by atoms with Crippen molar-refractivity contribution in [2.45, 2.75) is 6.54 Å². The number of nitrogens with zero attached hydrogens (tertiary/aromatic N) is 3. The van der Waals surface area contributed by atoms with Crippen LogP contribution in [0.5, 0.6) is 0 Å². The number of pyridine rings is 1. The molecule has 0 bridgehead atoms. The van der Waals surface area contributed by atoms with Gasteiger partial charge in [-0.3, -0.25) is 14.8 Å². The van der Waals surface area contributed by atoms with Crippen LogP contribution >= 0.6 is 11.6 Å². The number of ether oxygens (including phenoxy) is 1. The van der Waals surface area contributed by atoms with E-state index in [2.05, 4.69) is 21.3 Å². The first-order chi connectivity index (χ1) is 11.6. The van der Waals surface area contributed by atoms with Crippen molar-refractivity contribution in [3.05, 3.63) is 53.8 Å². The fourth-order valence-electron chi connectivity index (χ4n) is 2.16. The highest BCUT2D eigenvalue weighted by molar-refractivity contribution is 6.31. The number of rotatable bonds is 6. The van der Waals surface area contributed by atoms with Gasteiger partial charge in [0.15, 0.2) is 0 Å². The number of benzene rings is 1. The lowest BCUT2D eigenvalue weighted by Gasteiger charge is -2.21. The van der Waals surface area contributed by atoms with E-state index in [1.54, 1.807) is 17.3 Å². The molecule has 0 atom stereocenters. The van der Waals surface area contributed by atoms with Crippen LogP contribution in [0.15, 0.2) is 48.2 Å². The van der Waals surface area contributed by atoms with Gasteiger partial charge in [-0.2, -0.15) is 0 Å². The molecule has 7 heteroatoms. The highest BCUT2D eigenvalue weighted by Gasteiger charge is 2.10. The normalized spacial score (nSPS) is 11.4. The Balaban J connectivity index is 2.22. The number of esters is 1. The highest BCUT2D eigenvalue weighted by atomic mass is 35.5. The lowest BCUT2D eigenvalue weighted by Crippen LogP contribution is -2.29. The van der Waals surface area contributed by atoms with E-state index in [9.17, 15) is 9.90 Å². The van der Waals surface area contributed by atoms with E-state index in [-0.39, 0.29) is 13.2 Å². The summed E-state index contributed by atoms with van der Waals surface area (Å²) in [6.07, 6.45) is 3.15. The van der Waals surface area contributed by atoms with Gasteiger partial charge in [0.05, 0.1) is 17.6 Å². The van der Waals surface area contributed by atoms with Gasteiger partial charge in [-0.05, 0) is 30.0 Å². The van der Waals surface area contributed by atoms with Crippen LogP contribution in [0.1, 0.15) is 5.56 Å². The fourth-order valence-corrected chi connectivity index (χ4v) is 2.33. The Morgan fingerprint density at radius 1 is 1.50 bits per heavy atom. The molecule has 0 fully saturated rings. The maximum atomic E-state index is 11.2. The van der Waals surface area contributed by atoms with Gasteiger partial charge in [-0.25, -0.2) is 0 Å². The second-order valence-electron chi connectivity index (χ2n) is 4.96. The van der Waals surface area contributed by atoms with Crippen LogP contribution < -0.4 is 0 Å². The molecule has 1 aromatic carbocycles. The number of halogens is 1. The van der Waals surface area contributed by atoms with Crippen LogP contribution in [0.25, 0.3) is 10.9 Å². The van der Waals surface area contributed by atoms with E-state index in [0.29, 0.717) is 17.4 Å². The van der Waals surface area contributed by atoms with E-state index < -0.39 is 5.97 Å². The van der Waals surface area contributed by atoms with Gasteiger partial charge < -0.3 is 14.7 Å². The van der Waals surface area contributed by atoms with Gasteiger partial charge in [0, 0.05) is 18.1 Å². The molecule has 0 saturated heterocycles. The number of aliphatic hydroxyl groups is 1. The van der Waals surface area contributed by atoms with Gasteiger partial charge in [0.1, 0.15) is 19.0 Å². The van der Waals surface area contributed by atoms with Crippen LogP contribution in [0, 0.1) is 0 Å². The van der Waals surface area contributed by atoms with Crippen molar-refractivity contribution in [3.63, 3.8) is 0 Å². The quantitative estimate of drug-likeness (QED) is 0.493. The molecule has 2 aromatic rings. The number of methoxy groups -OCH3 is 1. The topological polar surface area (TPSA) is 75.0 Å². The second-order valence-corrected chi connectivity index (χ2v) is 5.39. The van der Waals surface area contributed by atoms with E-state index in [1.807, 2.05) is 24.3 Å². The minimum Gasteiger partial charge on any atom is -0.468 e. The number of fused-ring (bicyclic) bond motifs is 1. The number of hydrogen-bond donors (Lipinski definition) is 1. The zero-order valence-electron chi connectivity index (χ0n) is 13.3. The highest BCUT2D eigenvalue weighted by Crippen LogP contribution is 2.19. The van der Waals surface area contributed by atoms with Crippen LogP contribution in [0.4, 0.5) is 0 Å². The standard InChI is InChI=1S/C17H18ClN3O3/c1-3-21(16(11-22)20-9-17(23)24-2)10-12-4-5-15-13(6-12)7-14(18)8-19-15/h3-8,22H,1,9-11H2,2H3. The zero-order chi connectivity index (χ0) is 17.5. The molecule has 126 valence electrons. The molecule has 1 heterocycles. The number of amidine groups is 1. The molecule has 24 heavy (non-hydrogen) atoms. The van der Waals surface area contributed by atoms with Gasteiger partial charge in [0.2, 0.25) is 0 Å². The number of carbonyl (C=O) groups excluding carboxylic acids is 1. The average molecular weight is 348 g/mol. The van der Waals surface area contributed by atoms with Crippen molar-refractivity contribution in [1.82, 2.24) is 9.88 Å². The van der Waals surface area contributed by atoms with Crippen molar-refractivity contribution in [3.8, 4) is 0 Å². The van der Waals surface area contributed by atoms with Gasteiger partial charge in [0.25, 0.3) is 0 Å². The Morgan fingerprint density at radius 2 is 2.29 bits per heavy atom. The van der Waals surface area contributed by atoms with Crippen LogP contribution in [0.2, 0.25) is 5.02 Å². The Bertz CT molecular complexity index is 777. The molecular weight excluding hydrogens is 330 g/mol. The first kappa shape index (κ1) is 17.9. The molecule has 2 rings (SSSR count). The number of hydrogen-bond acceptors (Lipinski definition) is 5. The third-order valence-corrected chi connectivity index (χ3v) is 3.58. The summed E-state index contributed by atoms with van der Waals surface area (Å²) >= 11 is 5.98. The smallest absolute Gasteiger partial charge is 0.327 e. The van der Waals surface area contributed by atoms with Crippen molar-refractivity contribution in [2.75, 3.05) is 20.3 Å². The molecule has 6 nitrogen and oxygen atoms in total. The molecule has 0 saturated carbocycles. The zero-order valence-corrected chi connectivity index (χ0v) is 14.0. The molecule has 0 aliphatic rings. The van der Waals surface area contributed by atoms with Crippen molar-refractivity contribution in [2.24, 2.45) is 4.99 Å². The van der Waals surface area contributed by atoms with Crippen LogP contribution in [0.3, 0.4) is 0 Å². The monoisotopic (exact) mass is 347 g/mol. The predicted octanol–water partition coefficient (Wildman–Crippen LogP) is 2.40. The van der Waals surface area contributed by atoms with Crippen molar-refractivity contribution in [1.29, 1.82) is 0 Å². The second kappa shape index (κ2) is 8.42. The summed E-state index contributed by atoms with van der Waals surface area (Å²) in [5.74, 6) is -0.143. The maximum Gasteiger partial charge on any atom is 0.327 e. The summed E-state index contributed by atoms with van der Waals surface area (Å²) < 4.78 is 4.54. The van der Waals surface area contributed by atoms with Crippen molar-refractivity contribution < 1.29 is 14.6 Å². The van der Waals surface area contributed by atoms with E-state index >= 15 is 0 Å². The van der Waals surface area contributed by atoms with Crippen LogP contribution in [-0.2, 0) is 16.1 Å². The molecule has 0 radical (unpaired) electrons. The molecule has 0 spiro atoms. The summed E-state index contributed by atoms with van der Waals surface area (Å²) in [4.78, 5) is 21.2. The Kier molecular flexibility index (Phi) is 6.28. The lowest BCUT2D eigenvalue weighted by molar-refractivity contribution is -0.138. The molecular formula is C17H18ClN3O3. The average Bonchev–Trinajstić information content (AvgIpc) is 2.60. The van der Waals surface area contributed by atoms with Gasteiger partial charge in [-0.15, -0.1) is 0 Å². The largest absolute Gasteiger partial charge is 0.468 e. The molecule has 1 aromatic heterocycles. The number of aliphatic hydroxyl groups excluding tert-OH is 1. The number of aromatic nitrogens is 1. The van der Waals surface area contributed by atoms with E-state index in [1.165, 1.54) is 7.11 Å². The Hall–Kier alpha value is -2.44. The Morgan fingerprint density at radius 3 is 2.96 bits per heavy atom. The summed E-state index contributed by atoms with van der Waals surface area (Å²) in [6.45, 7) is 3.70. The minimum absolute atomic E-state index is 0.159. The molecule has 1 N–H and O–H groups in total. The molecule has 0 amide bonds. The fraction of sp³-hybridized carbons (Fsp3) is 0.235. The first-order valence-corrected chi connectivity index (χ1v) is 7.59. The van der Waals surface area contributed by atoms with Crippen LogP contribution in [-0.4, -0.2) is 47.1 Å². The molecule has 0 aliphatic carbocycles. The number of carbonyl (C=O) groups is 1. The van der Waals surface area contributed by atoms with E-state index in [4.69, 9.17) is 11.6 Å².